The largest absolute Gasteiger partial charge is 0.490 e. The summed E-state index contributed by atoms with van der Waals surface area (Å²) in [5.41, 5.74) is 2.88. The van der Waals surface area contributed by atoms with Gasteiger partial charge in [-0.15, -0.1) is 0 Å². The van der Waals surface area contributed by atoms with Gasteiger partial charge in [0.1, 0.15) is 18.5 Å². The number of hydrogen-bond donors (Lipinski definition) is 2. The van der Waals surface area contributed by atoms with Gasteiger partial charge in [-0.2, -0.15) is 10.4 Å². The van der Waals surface area contributed by atoms with Crippen molar-refractivity contribution in [2.24, 2.45) is 5.92 Å². The van der Waals surface area contributed by atoms with Crippen LogP contribution in [0.2, 0.25) is 0 Å². The molecule has 170 valence electrons. The van der Waals surface area contributed by atoms with E-state index in [0.29, 0.717) is 23.7 Å². The van der Waals surface area contributed by atoms with E-state index in [-0.39, 0.29) is 23.5 Å². The summed E-state index contributed by atoms with van der Waals surface area (Å²) in [6.07, 6.45) is 3.67. The first-order chi connectivity index (χ1) is 15.9. The van der Waals surface area contributed by atoms with Crippen molar-refractivity contribution in [2.75, 3.05) is 25.0 Å². The monoisotopic (exact) mass is 445 g/mol. The summed E-state index contributed by atoms with van der Waals surface area (Å²) in [6, 6.07) is 13.4. The minimum absolute atomic E-state index is 0.0265. The summed E-state index contributed by atoms with van der Waals surface area (Å²) in [7, 11) is 0. The Kier molecular flexibility index (Phi) is 5.52. The Balaban J connectivity index is 1.40. The predicted molar refractivity (Wildman–Crippen MR) is 124 cm³/mol. The number of ether oxygens (including phenoxy) is 2. The van der Waals surface area contributed by atoms with E-state index in [1.165, 1.54) is 0 Å². The molecule has 1 aliphatic heterocycles. The second kappa shape index (κ2) is 8.50. The Bertz CT molecular complexity index is 1240. The number of nitrogens with one attached hydrogen (secondary N) is 2. The van der Waals surface area contributed by atoms with Gasteiger partial charge in [0.15, 0.2) is 5.82 Å². The topological polar surface area (TPSA) is 101 Å². The number of aromatic nitrogens is 2. The highest BCUT2D eigenvalue weighted by Gasteiger charge is 2.30. The fraction of sp³-hybridized carbons (Fsp3) is 0.400. The number of hydrogen-bond acceptors (Lipinski definition) is 6. The van der Waals surface area contributed by atoms with E-state index in [2.05, 4.69) is 35.6 Å². The minimum Gasteiger partial charge on any atom is -0.490 e. The molecular formula is C25H27N5O3. The Labute approximate surface area is 192 Å². The highest BCUT2D eigenvalue weighted by Crippen LogP contribution is 2.33. The number of amides is 1. The number of carbonyl (C=O) groups is 1. The third-order valence-corrected chi connectivity index (χ3v) is 5.92. The fourth-order valence-corrected chi connectivity index (χ4v) is 4.09. The van der Waals surface area contributed by atoms with Crippen LogP contribution < -0.4 is 15.4 Å². The van der Waals surface area contributed by atoms with E-state index in [0.717, 1.165) is 42.6 Å². The molecule has 0 bridgehead atoms. The van der Waals surface area contributed by atoms with Crippen LogP contribution in [0.1, 0.15) is 32.3 Å². The molecule has 1 amide bonds. The van der Waals surface area contributed by atoms with Crippen molar-refractivity contribution >= 4 is 17.2 Å². The van der Waals surface area contributed by atoms with Gasteiger partial charge in [-0.25, -0.2) is 4.52 Å². The van der Waals surface area contributed by atoms with Crippen molar-refractivity contribution in [1.29, 1.82) is 5.26 Å². The molecule has 2 aromatic heterocycles. The highest BCUT2D eigenvalue weighted by atomic mass is 16.5. The van der Waals surface area contributed by atoms with Crippen LogP contribution in [0, 0.1) is 17.2 Å². The lowest BCUT2D eigenvalue weighted by Crippen LogP contribution is -2.52. The van der Waals surface area contributed by atoms with Crippen LogP contribution in [-0.4, -0.2) is 46.9 Å². The number of nitrogens with zero attached hydrogens (tertiary/aromatic N) is 3. The molecule has 2 aliphatic rings. The summed E-state index contributed by atoms with van der Waals surface area (Å²) in [5.74, 6) is 1.37. The standard InChI is InChI=1S/C25H27N5O3/c1-25(2)15-27-13-20(33-25)14-32-22-6-3-16(12-26)9-21(22)18-7-8-30-19(10-18)11-23(29-30)28-24(31)17-4-5-17/h3,6-11,17,20,27H,4-5,13-15H2,1-2H3,(H,28,29,31)/t20-/m1/s1. The van der Waals surface area contributed by atoms with Gasteiger partial charge in [-0.1, -0.05) is 0 Å². The van der Waals surface area contributed by atoms with Gasteiger partial charge >= 0.3 is 0 Å². The van der Waals surface area contributed by atoms with Crippen LogP contribution in [0.5, 0.6) is 5.75 Å². The Hall–Kier alpha value is -3.41. The third-order valence-electron chi connectivity index (χ3n) is 5.92. The van der Waals surface area contributed by atoms with Gasteiger partial charge in [0.25, 0.3) is 0 Å². The summed E-state index contributed by atoms with van der Waals surface area (Å²) < 4.78 is 14.0. The second-order valence-electron chi connectivity index (χ2n) is 9.34. The minimum atomic E-state index is -0.237. The van der Waals surface area contributed by atoms with Crippen molar-refractivity contribution in [3.05, 3.63) is 48.2 Å². The van der Waals surface area contributed by atoms with E-state index >= 15 is 0 Å². The lowest BCUT2D eigenvalue weighted by molar-refractivity contribution is -0.117. The van der Waals surface area contributed by atoms with Gasteiger partial charge in [0.05, 0.1) is 22.8 Å². The summed E-state index contributed by atoms with van der Waals surface area (Å²) in [4.78, 5) is 12.1. The van der Waals surface area contributed by atoms with E-state index in [1.54, 1.807) is 10.6 Å². The van der Waals surface area contributed by atoms with E-state index < -0.39 is 0 Å². The molecule has 33 heavy (non-hydrogen) atoms. The number of fused-ring (bicyclic) bond motifs is 1. The van der Waals surface area contributed by atoms with Gasteiger partial charge in [0, 0.05) is 36.8 Å². The lowest BCUT2D eigenvalue weighted by Gasteiger charge is -2.36. The number of rotatable bonds is 6. The molecule has 1 saturated heterocycles. The average molecular weight is 446 g/mol. The lowest BCUT2D eigenvalue weighted by atomic mass is 10.0. The summed E-state index contributed by atoms with van der Waals surface area (Å²) in [6.45, 7) is 6.05. The van der Waals surface area contributed by atoms with E-state index in [9.17, 15) is 10.1 Å². The zero-order chi connectivity index (χ0) is 23.0. The molecule has 0 spiro atoms. The zero-order valence-electron chi connectivity index (χ0n) is 18.8. The van der Waals surface area contributed by atoms with Crippen molar-refractivity contribution in [3.63, 3.8) is 0 Å². The van der Waals surface area contributed by atoms with Gasteiger partial charge in [0.2, 0.25) is 5.91 Å². The second-order valence-corrected chi connectivity index (χ2v) is 9.34. The Morgan fingerprint density at radius 3 is 2.94 bits per heavy atom. The molecular weight excluding hydrogens is 418 g/mol. The van der Waals surface area contributed by atoms with Crippen LogP contribution in [0.3, 0.4) is 0 Å². The molecule has 1 atom stereocenters. The van der Waals surface area contributed by atoms with Crippen LogP contribution in [0.25, 0.3) is 16.6 Å². The average Bonchev–Trinajstić information content (AvgIpc) is 3.57. The number of morpholine rings is 1. The molecule has 0 unspecified atom stereocenters. The maximum absolute atomic E-state index is 12.1. The summed E-state index contributed by atoms with van der Waals surface area (Å²) >= 11 is 0. The molecule has 1 aliphatic carbocycles. The zero-order valence-corrected chi connectivity index (χ0v) is 18.8. The highest BCUT2D eigenvalue weighted by molar-refractivity contribution is 5.93. The van der Waals surface area contributed by atoms with Crippen molar-refractivity contribution in [1.82, 2.24) is 14.9 Å². The molecule has 3 aromatic rings. The molecule has 3 heterocycles. The smallest absolute Gasteiger partial charge is 0.228 e. The molecule has 1 aromatic carbocycles. The van der Waals surface area contributed by atoms with Crippen LogP contribution in [0.15, 0.2) is 42.6 Å². The van der Waals surface area contributed by atoms with E-state index in [4.69, 9.17) is 9.47 Å². The van der Waals surface area contributed by atoms with Crippen LogP contribution in [0.4, 0.5) is 5.82 Å². The summed E-state index contributed by atoms with van der Waals surface area (Å²) in [5, 5.41) is 20.1. The fourth-order valence-electron chi connectivity index (χ4n) is 4.09. The first kappa shape index (κ1) is 21.4. The first-order valence-corrected chi connectivity index (χ1v) is 11.3. The normalized spacial score (nSPS) is 19.7. The number of benzene rings is 1. The van der Waals surface area contributed by atoms with Crippen LogP contribution >= 0.6 is 0 Å². The third kappa shape index (κ3) is 4.85. The number of carbonyl (C=O) groups excluding carboxylic acids is 1. The molecule has 8 nitrogen and oxygen atoms in total. The maximum Gasteiger partial charge on any atom is 0.228 e. The maximum atomic E-state index is 12.1. The number of anilines is 1. The predicted octanol–water partition coefficient (Wildman–Crippen LogP) is 3.37. The Morgan fingerprint density at radius 1 is 1.33 bits per heavy atom. The van der Waals surface area contributed by atoms with Crippen molar-refractivity contribution in [2.45, 2.75) is 38.4 Å². The van der Waals surface area contributed by atoms with Gasteiger partial charge in [-0.3, -0.25) is 4.79 Å². The molecule has 0 radical (unpaired) electrons. The number of nitriles is 1. The van der Waals surface area contributed by atoms with Crippen molar-refractivity contribution < 1.29 is 14.3 Å². The van der Waals surface area contributed by atoms with Crippen LogP contribution in [-0.2, 0) is 9.53 Å². The molecule has 8 heteroatoms. The van der Waals surface area contributed by atoms with E-state index in [1.807, 2.05) is 36.5 Å². The van der Waals surface area contributed by atoms with Crippen molar-refractivity contribution in [3.8, 4) is 22.9 Å². The molecule has 1 saturated carbocycles. The molecule has 2 N–H and O–H groups in total. The number of pyridine rings is 1. The van der Waals surface area contributed by atoms with Gasteiger partial charge < -0.3 is 20.1 Å². The first-order valence-electron chi connectivity index (χ1n) is 11.3. The SMILES string of the molecule is CC1(C)CNC[C@H](COc2ccc(C#N)cc2-c2ccn3nc(NC(=O)C4CC4)cc3c2)O1. The molecule has 5 rings (SSSR count). The Morgan fingerprint density at radius 2 is 2.18 bits per heavy atom. The quantitative estimate of drug-likeness (QED) is 0.603. The molecule has 2 fully saturated rings. The van der Waals surface area contributed by atoms with Gasteiger partial charge in [-0.05, 0) is 62.6 Å².